The number of carbonyl (C=O) groups excluding carboxylic acids is 1. The van der Waals surface area contributed by atoms with Crippen LogP contribution in [0.1, 0.15) is 37.7 Å². The zero-order valence-corrected chi connectivity index (χ0v) is 12.5. The number of halogens is 1. The highest BCUT2D eigenvalue weighted by atomic mass is 35.5. The van der Waals surface area contributed by atoms with E-state index in [1.54, 1.807) is 0 Å². The third kappa shape index (κ3) is 3.45. The third-order valence-electron chi connectivity index (χ3n) is 4.38. The lowest BCUT2D eigenvalue weighted by atomic mass is 9.89. The van der Waals surface area contributed by atoms with Crippen LogP contribution in [-0.2, 0) is 11.2 Å². The Kier molecular flexibility index (Phi) is 5.30. The average Bonchev–Trinajstić information content (AvgIpc) is 2.90. The summed E-state index contributed by atoms with van der Waals surface area (Å²) in [6.45, 7) is 0.855. The maximum atomic E-state index is 12.2. The maximum absolute atomic E-state index is 12.2. The van der Waals surface area contributed by atoms with Gasteiger partial charge in [0.2, 0.25) is 5.91 Å². The average molecular weight is 295 g/mol. The van der Waals surface area contributed by atoms with Gasteiger partial charge in [0, 0.05) is 18.7 Å². The molecule has 1 heterocycles. The molecule has 1 aromatic carbocycles. The molecule has 1 saturated carbocycles. The summed E-state index contributed by atoms with van der Waals surface area (Å²) < 4.78 is 0. The fourth-order valence-corrected chi connectivity index (χ4v) is 3.22. The molecule has 3 rings (SSSR count). The van der Waals surface area contributed by atoms with Crippen LogP contribution < -0.4 is 10.6 Å². The number of fused-ring (bicyclic) bond motifs is 1. The van der Waals surface area contributed by atoms with Gasteiger partial charge in [0.25, 0.3) is 0 Å². The highest BCUT2D eigenvalue weighted by Crippen LogP contribution is 2.26. The van der Waals surface area contributed by atoms with Gasteiger partial charge in [-0.25, -0.2) is 0 Å². The lowest BCUT2D eigenvalue weighted by molar-refractivity contribution is -0.121. The molecule has 20 heavy (non-hydrogen) atoms. The highest BCUT2D eigenvalue weighted by molar-refractivity contribution is 5.87. The van der Waals surface area contributed by atoms with E-state index in [2.05, 4.69) is 16.7 Å². The van der Waals surface area contributed by atoms with Crippen LogP contribution in [0.3, 0.4) is 0 Å². The highest BCUT2D eigenvalue weighted by Gasteiger charge is 2.26. The van der Waals surface area contributed by atoms with E-state index in [1.807, 2.05) is 18.2 Å². The maximum Gasteiger partial charge on any atom is 0.242 e. The quantitative estimate of drug-likeness (QED) is 0.899. The number of nitrogens with one attached hydrogen (secondary N) is 2. The molecule has 110 valence electrons. The number of hydrogen-bond donors (Lipinski definition) is 2. The number of rotatable bonds is 3. The van der Waals surface area contributed by atoms with Crippen LogP contribution >= 0.6 is 12.4 Å². The summed E-state index contributed by atoms with van der Waals surface area (Å²) in [6, 6.07) is 8.10. The van der Waals surface area contributed by atoms with Gasteiger partial charge in [0.15, 0.2) is 0 Å². The van der Waals surface area contributed by atoms with E-state index in [1.165, 1.54) is 37.7 Å². The second-order valence-electron chi connectivity index (χ2n) is 5.81. The van der Waals surface area contributed by atoms with Gasteiger partial charge in [-0.05, 0) is 30.4 Å². The van der Waals surface area contributed by atoms with Gasteiger partial charge in [0.05, 0.1) is 0 Å². The summed E-state index contributed by atoms with van der Waals surface area (Å²) in [7, 11) is 0. The van der Waals surface area contributed by atoms with Crippen molar-refractivity contribution in [3.05, 3.63) is 29.8 Å². The number of benzene rings is 1. The largest absolute Gasteiger partial charge is 0.373 e. The fraction of sp³-hybridized carbons (Fsp3) is 0.562. The molecule has 1 atom stereocenters. The standard InChI is InChI=1S/C16H22N2O.ClH/c19-16(17-11-12-6-2-1-3-7-12)15-10-13-8-4-5-9-14(13)18-15;/h4-5,8-9,12,15,18H,1-3,6-7,10-11H2,(H,17,19);1H/t15-;/m0./s1. The van der Waals surface area contributed by atoms with Gasteiger partial charge in [-0.2, -0.15) is 0 Å². The van der Waals surface area contributed by atoms with Crippen LogP contribution in [0.2, 0.25) is 0 Å². The van der Waals surface area contributed by atoms with E-state index < -0.39 is 0 Å². The van der Waals surface area contributed by atoms with E-state index in [0.29, 0.717) is 5.92 Å². The Morgan fingerprint density at radius 2 is 1.95 bits per heavy atom. The van der Waals surface area contributed by atoms with Crippen LogP contribution in [0.5, 0.6) is 0 Å². The monoisotopic (exact) mass is 294 g/mol. The minimum absolute atomic E-state index is 0. The van der Waals surface area contributed by atoms with Crippen molar-refractivity contribution in [2.24, 2.45) is 5.92 Å². The minimum atomic E-state index is -0.0824. The summed E-state index contributed by atoms with van der Waals surface area (Å²) >= 11 is 0. The van der Waals surface area contributed by atoms with Gasteiger partial charge < -0.3 is 10.6 Å². The van der Waals surface area contributed by atoms with Crippen molar-refractivity contribution < 1.29 is 4.79 Å². The van der Waals surface area contributed by atoms with Crippen LogP contribution in [0, 0.1) is 5.92 Å². The molecule has 0 spiro atoms. The second-order valence-corrected chi connectivity index (χ2v) is 5.81. The predicted molar refractivity (Wildman–Crippen MR) is 84.4 cm³/mol. The SMILES string of the molecule is Cl.O=C(NCC1CCCCC1)[C@@H]1Cc2ccccc2N1. The number of para-hydroxylation sites is 1. The van der Waals surface area contributed by atoms with E-state index in [-0.39, 0.29) is 24.4 Å². The van der Waals surface area contributed by atoms with Crippen molar-refractivity contribution in [2.45, 2.75) is 44.6 Å². The van der Waals surface area contributed by atoms with Crippen LogP contribution in [0.25, 0.3) is 0 Å². The summed E-state index contributed by atoms with van der Waals surface area (Å²) in [5.41, 5.74) is 2.36. The first kappa shape index (κ1) is 15.2. The molecule has 2 aliphatic rings. The molecular weight excluding hydrogens is 272 g/mol. The molecule has 3 nitrogen and oxygen atoms in total. The Balaban J connectivity index is 0.00000147. The number of amides is 1. The molecule has 0 aromatic heterocycles. The molecule has 1 aliphatic carbocycles. The lowest BCUT2D eigenvalue weighted by Crippen LogP contribution is -2.40. The van der Waals surface area contributed by atoms with Crippen molar-refractivity contribution in [1.82, 2.24) is 5.32 Å². The first-order chi connectivity index (χ1) is 9.33. The fourth-order valence-electron chi connectivity index (χ4n) is 3.22. The second kappa shape index (κ2) is 6.98. The minimum Gasteiger partial charge on any atom is -0.373 e. The molecule has 1 aromatic rings. The smallest absolute Gasteiger partial charge is 0.242 e. The molecular formula is C16H23ClN2O. The molecule has 1 amide bonds. The molecule has 4 heteroatoms. The molecule has 0 bridgehead atoms. The van der Waals surface area contributed by atoms with Gasteiger partial charge in [-0.1, -0.05) is 37.5 Å². The Labute approximate surface area is 126 Å². The molecule has 0 radical (unpaired) electrons. The zero-order chi connectivity index (χ0) is 13.1. The number of hydrogen-bond acceptors (Lipinski definition) is 2. The summed E-state index contributed by atoms with van der Waals surface area (Å²) in [5, 5.41) is 6.44. The Bertz CT molecular complexity index is 433. The summed E-state index contributed by atoms with van der Waals surface area (Å²) in [6.07, 6.45) is 7.38. The molecule has 1 aliphatic heterocycles. The van der Waals surface area contributed by atoms with Gasteiger partial charge >= 0.3 is 0 Å². The summed E-state index contributed by atoms with van der Waals surface area (Å²) in [5.74, 6) is 0.850. The van der Waals surface area contributed by atoms with E-state index in [0.717, 1.165) is 18.7 Å². The normalized spacial score (nSPS) is 21.5. The number of anilines is 1. The predicted octanol–water partition coefficient (Wildman–Crippen LogP) is 3.14. The first-order valence-electron chi connectivity index (χ1n) is 7.45. The van der Waals surface area contributed by atoms with Gasteiger partial charge in [-0.15, -0.1) is 12.4 Å². The molecule has 0 unspecified atom stereocenters. The topological polar surface area (TPSA) is 41.1 Å². The van der Waals surface area contributed by atoms with Crippen molar-refractivity contribution in [1.29, 1.82) is 0 Å². The Morgan fingerprint density at radius 3 is 2.70 bits per heavy atom. The van der Waals surface area contributed by atoms with E-state index in [9.17, 15) is 4.79 Å². The van der Waals surface area contributed by atoms with Crippen molar-refractivity contribution >= 4 is 24.0 Å². The van der Waals surface area contributed by atoms with Crippen molar-refractivity contribution in [3.63, 3.8) is 0 Å². The summed E-state index contributed by atoms with van der Waals surface area (Å²) in [4.78, 5) is 12.2. The van der Waals surface area contributed by atoms with Gasteiger partial charge in [-0.3, -0.25) is 4.79 Å². The van der Waals surface area contributed by atoms with Crippen molar-refractivity contribution in [2.75, 3.05) is 11.9 Å². The van der Waals surface area contributed by atoms with E-state index >= 15 is 0 Å². The third-order valence-corrected chi connectivity index (χ3v) is 4.38. The molecule has 2 N–H and O–H groups in total. The molecule has 0 saturated heterocycles. The Hall–Kier alpha value is -1.22. The Morgan fingerprint density at radius 1 is 1.20 bits per heavy atom. The van der Waals surface area contributed by atoms with E-state index in [4.69, 9.17) is 0 Å². The van der Waals surface area contributed by atoms with Gasteiger partial charge in [0.1, 0.15) is 6.04 Å². The zero-order valence-electron chi connectivity index (χ0n) is 11.7. The molecule has 1 fully saturated rings. The van der Waals surface area contributed by atoms with Crippen LogP contribution in [0.15, 0.2) is 24.3 Å². The van der Waals surface area contributed by atoms with Crippen LogP contribution in [0.4, 0.5) is 5.69 Å². The number of carbonyl (C=O) groups is 1. The van der Waals surface area contributed by atoms with Crippen LogP contribution in [-0.4, -0.2) is 18.5 Å². The van der Waals surface area contributed by atoms with Crippen molar-refractivity contribution in [3.8, 4) is 0 Å². The lowest BCUT2D eigenvalue weighted by Gasteiger charge is -2.22. The first-order valence-corrected chi connectivity index (χ1v) is 7.45.